The first kappa shape index (κ1) is 21.9. The number of amides is 1. The lowest BCUT2D eigenvalue weighted by Gasteiger charge is -2.38. The van der Waals surface area contributed by atoms with E-state index in [9.17, 15) is 13.6 Å². The zero-order chi connectivity index (χ0) is 22.3. The third-order valence-electron chi connectivity index (χ3n) is 6.43. The van der Waals surface area contributed by atoms with E-state index < -0.39 is 23.8 Å². The number of ether oxygens (including phenoxy) is 1. The Morgan fingerprint density at radius 1 is 1.29 bits per heavy atom. The molecule has 1 aromatic carbocycles. The molecule has 9 heteroatoms. The van der Waals surface area contributed by atoms with Crippen molar-refractivity contribution < 1.29 is 18.3 Å². The van der Waals surface area contributed by atoms with E-state index in [1.165, 1.54) is 0 Å². The Bertz CT molecular complexity index is 975. The van der Waals surface area contributed by atoms with Crippen LogP contribution >= 0.6 is 0 Å². The van der Waals surface area contributed by atoms with E-state index in [2.05, 4.69) is 9.88 Å². The van der Waals surface area contributed by atoms with Gasteiger partial charge in [0.25, 0.3) is 5.91 Å². The molecule has 1 aromatic heterocycles. The molecular formula is C22H29F2N5O2. The molecule has 4 rings (SSSR count). The molecule has 0 bridgehead atoms. The fourth-order valence-electron chi connectivity index (χ4n) is 4.61. The van der Waals surface area contributed by atoms with Crippen LogP contribution in [0.25, 0.3) is 0 Å². The fourth-order valence-corrected chi connectivity index (χ4v) is 4.61. The number of hydrogen-bond acceptors (Lipinski definition) is 5. The van der Waals surface area contributed by atoms with E-state index in [1.54, 1.807) is 4.90 Å². The Hall–Kier alpha value is -2.36. The van der Waals surface area contributed by atoms with Crippen molar-refractivity contribution in [2.75, 3.05) is 19.7 Å². The summed E-state index contributed by atoms with van der Waals surface area (Å²) in [6, 6.07) is 2.94. The minimum Gasteiger partial charge on any atom is -0.370 e. The molecule has 1 saturated heterocycles. The van der Waals surface area contributed by atoms with Gasteiger partial charge in [0.2, 0.25) is 0 Å². The van der Waals surface area contributed by atoms with Gasteiger partial charge in [0.05, 0.1) is 18.0 Å². The maximum Gasteiger partial charge on any atom is 0.289 e. The van der Waals surface area contributed by atoms with E-state index in [0.717, 1.165) is 29.6 Å². The molecule has 0 unspecified atom stereocenters. The molecule has 2 N–H and O–H groups in total. The van der Waals surface area contributed by atoms with Crippen LogP contribution in [0.2, 0.25) is 0 Å². The van der Waals surface area contributed by atoms with Gasteiger partial charge in [-0.05, 0) is 38.5 Å². The van der Waals surface area contributed by atoms with Crippen LogP contribution in [0, 0.1) is 11.6 Å². The predicted molar refractivity (Wildman–Crippen MR) is 111 cm³/mol. The molecule has 31 heavy (non-hydrogen) atoms. The van der Waals surface area contributed by atoms with E-state index >= 15 is 0 Å². The number of carbonyl (C=O) groups is 1. The third kappa shape index (κ3) is 3.97. The Morgan fingerprint density at radius 3 is 2.68 bits per heavy atom. The summed E-state index contributed by atoms with van der Waals surface area (Å²) < 4.78 is 35.5. The molecule has 3 heterocycles. The van der Waals surface area contributed by atoms with Crippen LogP contribution in [0.4, 0.5) is 8.78 Å². The number of rotatable bonds is 5. The van der Waals surface area contributed by atoms with Crippen molar-refractivity contribution in [2.45, 2.75) is 51.5 Å². The summed E-state index contributed by atoms with van der Waals surface area (Å²) in [5, 5.41) is 0. The SMILES string of the molecule is CCN(CC)C(=O)c1nc2c(n1C)CN([C@H]1CO[C@H](c3cc(F)ccc3F)[C@@H](N)C1)C2. The molecule has 2 aliphatic heterocycles. The summed E-state index contributed by atoms with van der Waals surface area (Å²) in [5.74, 6) is -0.614. The number of benzene rings is 1. The molecule has 7 nitrogen and oxygen atoms in total. The minimum atomic E-state index is -0.673. The molecule has 2 aromatic rings. The van der Waals surface area contributed by atoms with Crippen molar-refractivity contribution >= 4 is 5.91 Å². The zero-order valence-corrected chi connectivity index (χ0v) is 18.1. The van der Waals surface area contributed by atoms with Crippen molar-refractivity contribution in [1.29, 1.82) is 0 Å². The summed E-state index contributed by atoms with van der Waals surface area (Å²) in [6.07, 6.45) is -0.0758. The standard InChI is InChI=1S/C22H29F2N5O2/c1-4-28(5-2)22(30)21-26-18-10-29(11-19(18)27(21)3)14-9-17(25)20(31-12-14)15-8-13(23)6-7-16(15)24/h6-8,14,17,20H,4-5,9-12,25H2,1-3H3/t14-,17+,20-/m1/s1. The van der Waals surface area contributed by atoms with Crippen LogP contribution < -0.4 is 5.73 Å². The normalized spacial score (nSPS) is 23.7. The van der Waals surface area contributed by atoms with Crippen molar-refractivity contribution in [1.82, 2.24) is 19.4 Å². The Labute approximate surface area is 180 Å². The summed E-state index contributed by atoms with van der Waals surface area (Å²) >= 11 is 0. The van der Waals surface area contributed by atoms with Crippen LogP contribution in [-0.2, 0) is 24.9 Å². The highest BCUT2D eigenvalue weighted by Crippen LogP contribution is 2.34. The molecule has 0 radical (unpaired) electrons. The first-order valence-corrected chi connectivity index (χ1v) is 10.7. The van der Waals surface area contributed by atoms with Gasteiger partial charge >= 0.3 is 0 Å². The number of carbonyl (C=O) groups excluding carboxylic acids is 1. The van der Waals surface area contributed by atoms with E-state index in [1.807, 2.05) is 25.5 Å². The number of halogens is 2. The lowest BCUT2D eigenvalue weighted by Crippen LogP contribution is -2.48. The van der Waals surface area contributed by atoms with Crippen molar-refractivity contribution in [3.8, 4) is 0 Å². The maximum absolute atomic E-state index is 14.2. The fraction of sp³-hybridized carbons (Fsp3) is 0.545. The number of nitrogens with zero attached hydrogens (tertiary/aromatic N) is 4. The van der Waals surface area contributed by atoms with Crippen LogP contribution in [0.15, 0.2) is 18.2 Å². The average molecular weight is 434 g/mol. The van der Waals surface area contributed by atoms with Gasteiger partial charge in [0, 0.05) is 50.9 Å². The number of imidazole rings is 1. The number of aromatic nitrogens is 2. The summed E-state index contributed by atoms with van der Waals surface area (Å²) in [5.41, 5.74) is 8.39. The van der Waals surface area contributed by atoms with Gasteiger partial charge in [-0.25, -0.2) is 13.8 Å². The molecular weight excluding hydrogens is 404 g/mol. The van der Waals surface area contributed by atoms with E-state index in [4.69, 9.17) is 10.5 Å². The molecule has 0 spiro atoms. The minimum absolute atomic E-state index is 0.0407. The van der Waals surface area contributed by atoms with Gasteiger partial charge in [-0.2, -0.15) is 0 Å². The van der Waals surface area contributed by atoms with E-state index in [0.29, 0.717) is 45.0 Å². The van der Waals surface area contributed by atoms with Gasteiger partial charge in [-0.1, -0.05) is 0 Å². The van der Waals surface area contributed by atoms with Gasteiger partial charge in [0.1, 0.15) is 17.7 Å². The second kappa shape index (κ2) is 8.64. The molecule has 0 saturated carbocycles. The highest BCUT2D eigenvalue weighted by atomic mass is 19.1. The van der Waals surface area contributed by atoms with Crippen LogP contribution in [-0.4, -0.2) is 57.0 Å². The first-order chi connectivity index (χ1) is 14.8. The average Bonchev–Trinajstić information content (AvgIpc) is 3.30. The van der Waals surface area contributed by atoms with Gasteiger partial charge < -0.3 is 19.9 Å². The molecule has 1 fully saturated rings. The van der Waals surface area contributed by atoms with Gasteiger partial charge in [0.15, 0.2) is 5.82 Å². The smallest absolute Gasteiger partial charge is 0.289 e. The Kier molecular flexibility index (Phi) is 6.09. The van der Waals surface area contributed by atoms with Crippen molar-refractivity contribution in [3.63, 3.8) is 0 Å². The van der Waals surface area contributed by atoms with Crippen molar-refractivity contribution in [2.24, 2.45) is 12.8 Å². The summed E-state index contributed by atoms with van der Waals surface area (Å²) in [7, 11) is 1.87. The Balaban J connectivity index is 1.44. The lowest BCUT2D eigenvalue weighted by molar-refractivity contribution is -0.0535. The zero-order valence-electron chi connectivity index (χ0n) is 18.1. The largest absolute Gasteiger partial charge is 0.370 e. The Morgan fingerprint density at radius 2 is 2.03 bits per heavy atom. The van der Waals surface area contributed by atoms with Crippen molar-refractivity contribution in [3.05, 3.63) is 52.6 Å². The highest BCUT2D eigenvalue weighted by molar-refractivity contribution is 5.91. The van der Waals surface area contributed by atoms with Gasteiger partial charge in [-0.15, -0.1) is 0 Å². The molecule has 3 atom stereocenters. The first-order valence-electron chi connectivity index (χ1n) is 10.7. The van der Waals surface area contributed by atoms with Crippen LogP contribution in [0.3, 0.4) is 0 Å². The topological polar surface area (TPSA) is 76.6 Å². The van der Waals surface area contributed by atoms with Gasteiger partial charge in [-0.3, -0.25) is 9.69 Å². The van der Waals surface area contributed by atoms with Crippen LogP contribution in [0.1, 0.15) is 53.9 Å². The maximum atomic E-state index is 14.2. The predicted octanol–water partition coefficient (Wildman–Crippen LogP) is 2.35. The monoisotopic (exact) mass is 433 g/mol. The third-order valence-corrected chi connectivity index (χ3v) is 6.43. The summed E-state index contributed by atoms with van der Waals surface area (Å²) in [4.78, 5) is 21.3. The number of nitrogens with two attached hydrogens (primary N) is 1. The molecule has 168 valence electrons. The van der Waals surface area contributed by atoms with Crippen LogP contribution in [0.5, 0.6) is 0 Å². The lowest BCUT2D eigenvalue weighted by atomic mass is 9.93. The molecule has 2 aliphatic rings. The molecule has 0 aliphatic carbocycles. The summed E-state index contributed by atoms with van der Waals surface area (Å²) in [6.45, 7) is 6.81. The quantitative estimate of drug-likeness (QED) is 0.784. The second-order valence-electron chi connectivity index (χ2n) is 8.24. The van der Waals surface area contributed by atoms with E-state index in [-0.39, 0.29) is 17.5 Å². The highest BCUT2D eigenvalue weighted by Gasteiger charge is 2.38. The molecule has 1 amide bonds. The second-order valence-corrected chi connectivity index (χ2v) is 8.24. The number of fused-ring (bicyclic) bond motifs is 1. The number of hydrogen-bond donors (Lipinski definition) is 1.